The number of thiazole rings is 1. The van der Waals surface area contributed by atoms with Crippen molar-refractivity contribution in [2.75, 3.05) is 0 Å². The number of aromatic nitrogens is 3. The molecule has 0 aliphatic rings. The van der Waals surface area contributed by atoms with Crippen molar-refractivity contribution >= 4 is 17.2 Å². The normalized spacial score (nSPS) is 11.6. The zero-order chi connectivity index (χ0) is 15.5. The van der Waals surface area contributed by atoms with Crippen LogP contribution in [0.15, 0.2) is 63.8 Å². The van der Waals surface area contributed by atoms with Gasteiger partial charge in [-0.25, -0.2) is 0 Å². The molecule has 0 saturated heterocycles. The molecular weight excluding hydrogens is 300 g/mol. The molecule has 6 nitrogen and oxygen atoms in total. The minimum atomic E-state index is -0.484. The first-order chi connectivity index (χ1) is 10.6. The average molecular weight is 312 g/mol. The predicted molar refractivity (Wildman–Crippen MR) is 83.0 cm³/mol. The van der Waals surface area contributed by atoms with Crippen molar-refractivity contribution in [2.24, 2.45) is 12.0 Å². The van der Waals surface area contributed by atoms with Crippen LogP contribution in [0.3, 0.4) is 0 Å². The Kier molecular flexibility index (Phi) is 3.80. The predicted octanol–water partition coefficient (Wildman–Crippen LogP) is 1.37. The molecule has 22 heavy (non-hydrogen) atoms. The lowest BCUT2D eigenvalue weighted by molar-refractivity contribution is 0.0991. The van der Waals surface area contributed by atoms with Gasteiger partial charge in [0.1, 0.15) is 0 Å². The molecule has 0 aliphatic carbocycles. The zero-order valence-corrected chi connectivity index (χ0v) is 12.5. The van der Waals surface area contributed by atoms with Gasteiger partial charge in [0, 0.05) is 24.7 Å². The molecule has 3 aromatic rings. The van der Waals surface area contributed by atoms with E-state index < -0.39 is 5.91 Å². The lowest BCUT2D eigenvalue weighted by Crippen LogP contribution is -2.23. The van der Waals surface area contributed by atoms with Gasteiger partial charge in [-0.2, -0.15) is 14.8 Å². The molecular formula is C15H12N4O2S. The van der Waals surface area contributed by atoms with E-state index in [1.54, 1.807) is 35.9 Å². The minimum Gasteiger partial charge on any atom is -0.327 e. The van der Waals surface area contributed by atoms with Gasteiger partial charge >= 0.3 is 0 Å². The van der Waals surface area contributed by atoms with Crippen molar-refractivity contribution < 1.29 is 4.79 Å². The van der Waals surface area contributed by atoms with Crippen LogP contribution in [0.2, 0.25) is 0 Å². The van der Waals surface area contributed by atoms with Gasteiger partial charge in [-0.15, -0.1) is 11.3 Å². The maximum Gasteiger partial charge on any atom is 0.300 e. The van der Waals surface area contributed by atoms with E-state index in [0.717, 1.165) is 0 Å². The van der Waals surface area contributed by atoms with Crippen LogP contribution >= 0.6 is 11.3 Å². The SMILES string of the molecule is Cn1ccsc1=NC(=O)c1ccc(=O)n(-c2ccccc2)n1. The van der Waals surface area contributed by atoms with Gasteiger partial charge in [-0.1, -0.05) is 18.2 Å². The van der Waals surface area contributed by atoms with Crippen LogP contribution in [0, 0.1) is 0 Å². The van der Waals surface area contributed by atoms with Crippen molar-refractivity contribution in [1.82, 2.24) is 14.3 Å². The Balaban J connectivity index is 2.05. The number of hydrogen-bond donors (Lipinski definition) is 0. The quantitative estimate of drug-likeness (QED) is 0.718. The van der Waals surface area contributed by atoms with Gasteiger partial charge in [0.05, 0.1) is 5.69 Å². The first-order valence-corrected chi connectivity index (χ1v) is 7.38. The summed E-state index contributed by atoms with van der Waals surface area (Å²) < 4.78 is 2.94. The van der Waals surface area contributed by atoms with E-state index in [2.05, 4.69) is 10.1 Å². The van der Waals surface area contributed by atoms with Crippen LogP contribution in [0.5, 0.6) is 0 Å². The fourth-order valence-electron chi connectivity index (χ4n) is 1.86. The monoisotopic (exact) mass is 312 g/mol. The first kappa shape index (κ1) is 14.2. The maximum atomic E-state index is 12.2. The third-order valence-corrected chi connectivity index (χ3v) is 3.82. The van der Waals surface area contributed by atoms with Gasteiger partial charge in [-0.05, 0) is 18.2 Å². The summed E-state index contributed by atoms with van der Waals surface area (Å²) in [4.78, 5) is 28.7. The largest absolute Gasteiger partial charge is 0.327 e. The number of carbonyl (C=O) groups is 1. The van der Waals surface area contributed by atoms with Crippen LogP contribution in [0.25, 0.3) is 5.69 Å². The fourth-order valence-corrected chi connectivity index (χ4v) is 2.59. The van der Waals surface area contributed by atoms with Crippen LogP contribution < -0.4 is 10.4 Å². The molecule has 0 spiro atoms. The average Bonchev–Trinajstić information content (AvgIpc) is 2.93. The van der Waals surface area contributed by atoms with E-state index >= 15 is 0 Å². The molecule has 2 heterocycles. The zero-order valence-electron chi connectivity index (χ0n) is 11.7. The lowest BCUT2D eigenvalue weighted by atomic mass is 10.3. The van der Waals surface area contributed by atoms with Crippen molar-refractivity contribution in [3.8, 4) is 5.69 Å². The van der Waals surface area contributed by atoms with E-state index in [-0.39, 0.29) is 11.3 Å². The number of amides is 1. The Morgan fingerprint density at radius 3 is 2.64 bits per heavy atom. The number of carbonyl (C=O) groups excluding carboxylic acids is 1. The third kappa shape index (κ3) is 2.79. The number of benzene rings is 1. The van der Waals surface area contributed by atoms with E-state index in [1.807, 2.05) is 17.6 Å². The molecule has 0 radical (unpaired) electrons. The molecule has 2 aromatic heterocycles. The van der Waals surface area contributed by atoms with Gasteiger partial charge in [0.2, 0.25) is 0 Å². The van der Waals surface area contributed by atoms with Crippen LogP contribution in [0.1, 0.15) is 10.5 Å². The second kappa shape index (κ2) is 5.90. The molecule has 0 fully saturated rings. The fraction of sp³-hybridized carbons (Fsp3) is 0.0667. The Morgan fingerprint density at radius 1 is 1.18 bits per heavy atom. The van der Waals surface area contributed by atoms with Crippen molar-refractivity contribution in [1.29, 1.82) is 0 Å². The van der Waals surface area contributed by atoms with Crippen LogP contribution in [-0.2, 0) is 7.05 Å². The Morgan fingerprint density at radius 2 is 1.95 bits per heavy atom. The second-order valence-corrected chi connectivity index (χ2v) is 5.39. The lowest BCUT2D eigenvalue weighted by Gasteiger charge is -2.04. The molecule has 0 saturated carbocycles. The highest BCUT2D eigenvalue weighted by molar-refractivity contribution is 7.07. The number of nitrogens with zero attached hydrogens (tertiary/aromatic N) is 4. The highest BCUT2D eigenvalue weighted by atomic mass is 32.1. The number of para-hydroxylation sites is 1. The molecule has 0 aliphatic heterocycles. The van der Waals surface area contributed by atoms with Crippen LogP contribution in [0.4, 0.5) is 0 Å². The number of aryl methyl sites for hydroxylation is 1. The molecule has 0 unspecified atom stereocenters. The molecule has 110 valence electrons. The number of rotatable bonds is 2. The summed E-state index contributed by atoms with van der Waals surface area (Å²) in [6.45, 7) is 0. The topological polar surface area (TPSA) is 69.2 Å². The smallest absolute Gasteiger partial charge is 0.300 e. The Labute approximate surface area is 129 Å². The van der Waals surface area contributed by atoms with Gasteiger partial charge < -0.3 is 4.57 Å². The molecule has 3 rings (SSSR count). The van der Waals surface area contributed by atoms with E-state index in [4.69, 9.17) is 0 Å². The standard InChI is InChI=1S/C15H12N4O2S/c1-18-9-10-22-15(18)16-14(21)12-7-8-13(20)19(17-12)11-5-3-2-4-6-11/h2-10H,1H3. The van der Waals surface area contributed by atoms with Gasteiger partial charge in [0.25, 0.3) is 11.5 Å². The van der Waals surface area contributed by atoms with Gasteiger partial charge in [0.15, 0.2) is 10.5 Å². The Hall–Kier alpha value is -2.80. The number of hydrogen-bond acceptors (Lipinski definition) is 4. The van der Waals surface area contributed by atoms with Crippen LogP contribution in [-0.4, -0.2) is 20.3 Å². The Bertz CT molecular complexity index is 938. The molecule has 1 amide bonds. The van der Waals surface area contributed by atoms with Crippen molar-refractivity contribution in [2.45, 2.75) is 0 Å². The molecule has 0 atom stereocenters. The van der Waals surface area contributed by atoms with Gasteiger partial charge in [-0.3, -0.25) is 9.59 Å². The summed E-state index contributed by atoms with van der Waals surface area (Å²) in [5.41, 5.74) is 0.421. The molecule has 0 N–H and O–H groups in total. The summed E-state index contributed by atoms with van der Waals surface area (Å²) in [5.74, 6) is -0.484. The second-order valence-electron chi connectivity index (χ2n) is 4.52. The molecule has 0 bridgehead atoms. The summed E-state index contributed by atoms with van der Waals surface area (Å²) in [7, 11) is 1.81. The van der Waals surface area contributed by atoms with E-state index in [1.165, 1.54) is 28.2 Å². The molecule has 1 aromatic carbocycles. The van der Waals surface area contributed by atoms with Crippen molar-refractivity contribution in [3.63, 3.8) is 0 Å². The van der Waals surface area contributed by atoms with Crippen molar-refractivity contribution in [3.05, 3.63) is 74.9 Å². The highest BCUT2D eigenvalue weighted by Crippen LogP contribution is 2.03. The third-order valence-electron chi connectivity index (χ3n) is 2.98. The summed E-state index contributed by atoms with van der Waals surface area (Å²) in [6, 6.07) is 11.6. The first-order valence-electron chi connectivity index (χ1n) is 6.50. The maximum absolute atomic E-state index is 12.2. The van der Waals surface area contributed by atoms with E-state index in [9.17, 15) is 9.59 Å². The molecule has 7 heteroatoms. The highest BCUT2D eigenvalue weighted by Gasteiger charge is 2.10. The summed E-state index contributed by atoms with van der Waals surface area (Å²) >= 11 is 1.36. The minimum absolute atomic E-state index is 0.122. The summed E-state index contributed by atoms with van der Waals surface area (Å²) in [6.07, 6.45) is 1.81. The summed E-state index contributed by atoms with van der Waals surface area (Å²) in [5, 5.41) is 5.95. The van der Waals surface area contributed by atoms with E-state index in [0.29, 0.717) is 10.5 Å².